The second-order valence-corrected chi connectivity index (χ2v) is 5.86. The second kappa shape index (κ2) is 6.98. The summed E-state index contributed by atoms with van der Waals surface area (Å²) in [7, 11) is 0. The molecule has 0 radical (unpaired) electrons. The van der Waals surface area contributed by atoms with Crippen molar-refractivity contribution in [2.45, 2.75) is 6.92 Å². The molecule has 2 heterocycles. The fourth-order valence-corrected chi connectivity index (χ4v) is 2.68. The Kier molecular flexibility index (Phi) is 4.77. The molecule has 24 heavy (non-hydrogen) atoms. The van der Waals surface area contributed by atoms with Crippen molar-refractivity contribution in [3.8, 4) is 11.6 Å². The summed E-state index contributed by atoms with van der Waals surface area (Å²) in [6.07, 6.45) is 1.36. The van der Waals surface area contributed by atoms with Gasteiger partial charge in [0.1, 0.15) is 5.56 Å². The van der Waals surface area contributed by atoms with Crippen LogP contribution in [-0.4, -0.2) is 52.2 Å². The van der Waals surface area contributed by atoms with Crippen molar-refractivity contribution in [1.82, 2.24) is 14.6 Å². The molecule has 1 aromatic heterocycles. The number of morpholine rings is 1. The van der Waals surface area contributed by atoms with Crippen LogP contribution in [0.1, 0.15) is 11.1 Å². The maximum absolute atomic E-state index is 12.1. The average Bonchev–Trinajstić information content (AvgIpc) is 2.57. The molecule has 1 aliphatic heterocycles. The van der Waals surface area contributed by atoms with Gasteiger partial charge >= 0.3 is 0 Å². The summed E-state index contributed by atoms with van der Waals surface area (Å²) in [5.41, 5.74) is 1.34. The van der Waals surface area contributed by atoms with E-state index >= 15 is 0 Å². The average molecular weight is 346 g/mol. The minimum atomic E-state index is -0.474. The van der Waals surface area contributed by atoms with Gasteiger partial charge in [-0.2, -0.15) is 5.10 Å². The third-order valence-electron chi connectivity index (χ3n) is 3.75. The van der Waals surface area contributed by atoms with Crippen molar-refractivity contribution in [3.63, 3.8) is 0 Å². The first-order valence-electron chi connectivity index (χ1n) is 7.58. The predicted molar refractivity (Wildman–Crippen MR) is 93.6 cm³/mol. The molecular formula is C16H18N4O3S. The van der Waals surface area contributed by atoms with E-state index in [9.17, 15) is 9.90 Å². The van der Waals surface area contributed by atoms with Gasteiger partial charge in [-0.3, -0.25) is 19.4 Å². The van der Waals surface area contributed by atoms with Gasteiger partial charge in [-0.25, -0.2) is 0 Å². The second-order valence-electron chi connectivity index (χ2n) is 5.48. The molecule has 7 nitrogen and oxygen atoms in total. The monoisotopic (exact) mass is 346 g/mol. The lowest BCUT2D eigenvalue weighted by atomic mass is 10.2. The maximum atomic E-state index is 12.1. The molecule has 3 rings (SSSR count). The summed E-state index contributed by atoms with van der Waals surface area (Å²) in [6.45, 7) is 4.44. The Morgan fingerprint density at radius 3 is 2.62 bits per heavy atom. The van der Waals surface area contributed by atoms with E-state index in [1.165, 1.54) is 10.8 Å². The van der Waals surface area contributed by atoms with Gasteiger partial charge in [0.2, 0.25) is 5.88 Å². The van der Waals surface area contributed by atoms with Crippen LogP contribution in [0.15, 0.2) is 34.2 Å². The summed E-state index contributed by atoms with van der Waals surface area (Å²) < 4.78 is 6.79. The normalized spacial score (nSPS) is 15.1. The van der Waals surface area contributed by atoms with Crippen molar-refractivity contribution in [3.05, 3.63) is 50.5 Å². The number of nitrogens with zero attached hydrogens (tertiary/aromatic N) is 3. The van der Waals surface area contributed by atoms with Gasteiger partial charge in [0.25, 0.3) is 5.56 Å². The molecule has 0 atom stereocenters. The molecule has 126 valence electrons. The Labute approximate surface area is 143 Å². The van der Waals surface area contributed by atoms with Gasteiger partial charge < -0.3 is 9.84 Å². The molecular weight excluding hydrogens is 328 g/mol. The fourth-order valence-electron chi connectivity index (χ4n) is 2.40. The van der Waals surface area contributed by atoms with E-state index in [4.69, 9.17) is 17.0 Å². The van der Waals surface area contributed by atoms with Crippen LogP contribution in [0.3, 0.4) is 0 Å². The highest BCUT2D eigenvalue weighted by molar-refractivity contribution is 7.71. The van der Waals surface area contributed by atoms with Crippen LogP contribution in [0, 0.1) is 11.7 Å². The number of hydrogen-bond donors (Lipinski definition) is 2. The third kappa shape index (κ3) is 3.39. The number of ether oxygens (including phenoxy) is 1. The number of hydrogen-bond acceptors (Lipinski definition) is 6. The number of H-pyrrole nitrogens is 1. The predicted octanol–water partition coefficient (Wildman–Crippen LogP) is 1.58. The van der Waals surface area contributed by atoms with E-state index in [1.54, 1.807) is 5.01 Å². The molecule has 1 saturated heterocycles. The lowest BCUT2D eigenvalue weighted by molar-refractivity contribution is 0.0396. The molecule has 2 N–H and O–H groups in total. The first kappa shape index (κ1) is 16.4. The summed E-state index contributed by atoms with van der Waals surface area (Å²) in [6, 6.07) is 7.46. The zero-order chi connectivity index (χ0) is 17.1. The first-order valence-corrected chi connectivity index (χ1v) is 7.99. The van der Waals surface area contributed by atoms with Gasteiger partial charge in [0.15, 0.2) is 4.77 Å². The van der Waals surface area contributed by atoms with E-state index < -0.39 is 5.56 Å². The van der Waals surface area contributed by atoms with Crippen LogP contribution >= 0.6 is 12.2 Å². The number of rotatable bonds is 3. The quantitative estimate of drug-likeness (QED) is 0.651. The minimum Gasteiger partial charge on any atom is -0.494 e. The Morgan fingerprint density at radius 2 is 1.96 bits per heavy atom. The zero-order valence-electron chi connectivity index (χ0n) is 13.2. The van der Waals surface area contributed by atoms with Crippen LogP contribution in [0.25, 0.3) is 5.69 Å². The largest absolute Gasteiger partial charge is 0.494 e. The zero-order valence-corrected chi connectivity index (χ0v) is 14.0. The standard InChI is InChI=1S/C16H18N4O3S/c1-11-2-4-12(5-3-11)20-15(22)13(14(21)18-16(20)24)10-17-19-6-8-23-9-7-19/h2-5,10,22H,6-9H2,1H3,(H,18,21,24)/b17-10+. The molecule has 1 aromatic carbocycles. The van der Waals surface area contributed by atoms with Gasteiger partial charge in [-0.1, -0.05) is 17.7 Å². The van der Waals surface area contributed by atoms with Gasteiger partial charge in [-0.05, 0) is 31.3 Å². The number of aromatic hydroxyl groups is 1. The topological polar surface area (TPSA) is 82.8 Å². The molecule has 0 amide bonds. The number of hydrazone groups is 1. The Bertz CT molecular complexity index is 864. The van der Waals surface area contributed by atoms with Crippen LogP contribution in [0.5, 0.6) is 5.88 Å². The molecule has 0 saturated carbocycles. The van der Waals surface area contributed by atoms with E-state index in [-0.39, 0.29) is 16.2 Å². The molecule has 0 spiro atoms. The van der Waals surface area contributed by atoms with Crippen molar-refractivity contribution < 1.29 is 9.84 Å². The van der Waals surface area contributed by atoms with Crippen molar-refractivity contribution in [1.29, 1.82) is 0 Å². The SMILES string of the molecule is Cc1ccc(-n2c(O)c(/C=N/N3CCOCC3)c(=O)[nH]c2=S)cc1. The Morgan fingerprint density at radius 1 is 1.29 bits per heavy atom. The molecule has 0 unspecified atom stereocenters. The molecule has 0 aliphatic carbocycles. The molecule has 8 heteroatoms. The summed E-state index contributed by atoms with van der Waals surface area (Å²) >= 11 is 5.19. The minimum absolute atomic E-state index is 0.0654. The van der Waals surface area contributed by atoms with Gasteiger partial charge in [-0.15, -0.1) is 0 Å². The van der Waals surface area contributed by atoms with E-state index in [2.05, 4.69) is 10.1 Å². The van der Waals surface area contributed by atoms with Crippen LogP contribution in [-0.2, 0) is 4.74 Å². The van der Waals surface area contributed by atoms with Gasteiger partial charge in [0.05, 0.1) is 38.2 Å². The van der Waals surface area contributed by atoms with Crippen molar-refractivity contribution in [2.75, 3.05) is 26.3 Å². The van der Waals surface area contributed by atoms with E-state index in [0.717, 1.165) is 5.56 Å². The van der Waals surface area contributed by atoms with Gasteiger partial charge in [0, 0.05) is 0 Å². The smallest absolute Gasteiger partial charge is 0.264 e. The number of nitrogens with one attached hydrogen (secondary N) is 1. The van der Waals surface area contributed by atoms with E-state index in [1.807, 2.05) is 31.2 Å². The van der Waals surface area contributed by atoms with Crippen LogP contribution in [0.4, 0.5) is 0 Å². The van der Waals surface area contributed by atoms with Crippen LogP contribution in [0.2, 0.25) is 0 Å². The van der Waals surface area contributed by atoms with Crippen molar-refractivity contribution >= 4 is 18.4 Å². The molecule has 1 fully saturated rings. The summed E-state index contributed by atoms with van der Waals surface area (Å²) in [5.74, 6) is -0.232. The lowest BCUT2D eigenvalue weighted by Crippen LogP contribution is -2.32. The molecule has 1 aliphatic rings. The maximum Gasteiger partial charge on any atom is 0.264 e. The highest BCUT2D eigenvalue weighted by atomic mass is 32.1. The van der Waals surface area contributed by atoms with E-state index in [0.29, 0.717) is 32.0 Å². The Hall–Kier alpha value is -2.45. The fraction of sp³-hybridized carbons (Fsp3) is 0.312. The number of aryl methyl sites for hydroxylation is 1. The summed E-state index contributed by atoms with van der Waals surface area (Å²) in [4.78, 5) is 14.7. The highest BCUT2D eigenvalue weighted by Gasteiger charge is 2.13. The van der Waals surface area contributed by atoms with Crippen LogP contribution < -0.4 is 5.56 Å². The Balaban J connectivity index is 2.02. The number of benzene rings is 1. The summed E-state index contributed by atoms with van der Waals surface area (Å²) in [5, 5.41) is 16.6. The molecule has 2 aromatic rings. The number of aromatic nitrogens is 2. The lowest BCUT2D eigenvalue weighted by Gasteiger charge is -2.23. The number of aromatic amines is 1. The molecule has 0 bridgehead atoms. The highest BCUT2D eigenvalue weighted by Crippen LogP contribution is 2.19. The van der Waals surface area contributed by atoms with Crippen molar-refractivity contribution in [2.24, 2.45) is 5.10 Å². The third-order valence-corrected chi connectivity index (χ3v) is 4.04. The first-order chi connectivity index (χ1) is 11.6.